The van der Waals surface area contributed by atoms with Crippen LogP contribution in [0.25, 0.3) is 6.08 Å². The average Bonchev–Trinajstić information content (AvgIpc) is 2.91. The Hall–Kier alpha value is -2.64. The molecule has 26 heavy (non-hydrogen) atoms. The standard InChI is InChI=1S/C19H15NO4S2/c1-24-14-10-6-5-9-13(14)11-15-17(21)20(19(25)26-15)16(18(22)23)12-7-3-2-4-8-12/h2-11,16H,1H3,(H,22,23)/p-1/b15-11-/t16-/m0/s1. The highest BCUT2D eigenvalue weighted by Gasteiger charge is 2.38. The van der Waals surface area contributed by atoms with Crippen molar-refractivity contribution < 1.29 is 19.4 Å². The second kappa shape index (κ2) is 7.72. The molecule has 1 aliphatic heterocycles. The normalized spacial score (nSPS) is 16.8. The fourth-order valence-electron chi connectivity index (χ4n) is 2.66. The van der Waals surface area contributed by atoms with Crippen molar-refractivity contribution in [2.24, 2.45) is 0 Å². The van der Waals surface area contributed by atoms with Gasteiger partial charge in [0.25, 0.3) is 5.91 Å². The van der Waals surface area contributed by atoms with Crippen LogP contribution < -0.4 is 9.84 Å². The van der Waals surface area contributed by atoms with Crippen LogP contribution in [0.5, 0.6) is 5.75 Å². The van der Waals surface area contributed by atoms with Crippen molar-refractivity contribution in [2.45, 2.75) is 6.04 Å². The Labute approximate surface area is 160 Å². The molecule has 1 amide bonds. The maximum atomic E-state index is 12.9. The SMILES string of the molecule is COc1ccccc1/C=C1\SC(=S)N([C@H](C(=O)[O-])c2ccccc2)C1=O. The molecular weight excluding hydrogens is 370 g/mol. The molecule has 7 heteroatoms. The summed E-state index contributed by atoms with van der Waals surface area (Å²) in [5.74, 6) is -1.24. The second-order valence-corrected chi connectivity index (χ2v) is 7.10. The third kappa shape index (κ3) is 3.49. The maximum Gasteiger partial charge on any atom is 0.267 e. The van der Waals surface area contributed by atoms with Gasteiger partial charge in [0.2, 0.25) is 0 Å². The third-order valence-corrected chi connectivity index (χ3v) is 5.18. The predicted molar refractivity (Wildman–Crippen MR) is 102 cm³/mol. The van der Waals surface area contributed by atoms with Crippen molar-refractivity contribution in [3.05, 3.63) is 70.6 Å². The van der Waals surface area contributed by atoms with Crippen LogP contribution in [0.3, 0.4) is 0 Å². The van der Waals surface area contributed by atoms with Gasteiger partial charge in [-0.1, -0.05) is 72.5 Å². The Morgan fingerprint density at radius 3 is 2.50 bits per heavy atom. The fourth-order valence-corrected chi connectivity index (χ4v) is 3.96. The number of amides is 1. The van der Waals surface area contributed by atoms with Gasteiger partial charge in [0, 0.05) is 5.56 Å². The lowest BCUT2D eigenvalue weighted by Gasteiger charge is -2.27. The number of carbonyl (C=O) groups excluding carboxylic acids is 2. The molecule has 1 heterocycles. The highest BCUT2D eigenvalue weighted by Crippen LogP contribution is 2.38. The van der Waals surface area contributed by atoms with Crippen LogP contribution >= 0.6 is 24.0 Å². The van der Waals surface area contributed by atoms with Gasteiger partial charge in [-0.05, 0) is 17.7 Å². The molecule has 0 saturated carbocycles. The fraction of sp³-hybridized carbons (Fsp3) is 0.105. The van der Waals surface area contributed by atoms with Crippen LogP contribution in [0.2, 0.25) is 0 Å². The zero-order chi connectivity index (χ0) is 18.7. The molecule has 0 spiro atoms. The van der Waals surface area contributed by atoms with Crippen LogP contribution in [0.15, 0.2) is 59.5 Å². The molecule has 0 aromatic heterocycles. The number of aliphatic carboxylic acids is 1. The molecule has 132 valence electrons. The molecule has 0 N–H and O–H groups in total. The summed E-state index contributed by atoms with van der Waals surface area (Å²) >= 11 is 6.33. The summed E-state index contributed by atoms with van der Waals surface area (Å²) in [6.07, 6.45) is 1.65. The molecule has 0 aliphatic carbocycles. The topological polar surface area (TPSA) is 69.7 Å². The number of methoxy groups -OCH3 is 1. The van der Waals surface area contributed by atoms with Crippen molar-refractivity contribution in [3.63, 3.8) is 0 Å². The number of carboxylic acids is 1. The Bertz CT molecular complexity index is 895. The number of para-hydroxylation sites is 1. The first-order valence-corrected chi connectivity index (χ1v) is 8.91. The summed E-state index contributed by atoms with van der Waals surface area (Å²) < 4.78 is 5.46. The number of ether oxygens (including phenoxy) is 1. The first-order chi connectivity index (χ1) is 12.5. The quantitative estimate of drug-likeness (QED) is 0.582. The number of nitrogens with zero attached hydrogens (tertiary/aromatic N) is 1. The third-order valence-electron chi connectivity index (χ3n) is 3.85. The Kier molecular flexibility index (Phi) is 5.39. The smallest absolute Gasteiger partial charge is 0.267 e. The second-order valence-electron chi connectivity index (χ2n) is 5.43. The molecule has 2 aromatic carbocycles. The van der Waals surface area contributed by atoms with E-state index in [0.29, 0.717) is 21.8 Å². The molecule has 0 bridgehead atoms. The van der Waals surface area contributed by atoms with Gasteiger partial charge in [-0.25, -0.2) is 0 Å². The van der Waals surface area contributed by atoms with Gasteiger partial charge in [0.05, 0.1) is 18.0 Å². The summed E-state index contributed by atoms with van der Waals surface area (Å²) in [6, 6.07) is 14.4. The largest absolute Gasteiger partial charge is 0.547 e. The van der Waals surface area contributed by atoms with Crippen molar-refractivity contribution in [3.8, 4) is 5.75 Å². The molecule has 1 fully saturated rings. The minimum absolute atomic E-state index is 0.175. The van der Waals surface area contributed by atoms with E-state index in [1.165, 1.54) is 0 Å². The highest BCUT2D eigenvalue weighted by molar-refractivity contribution is 8.26. The Morgan fingerprint density at radius 2 is 1.85 bits per heavy atom. The zero-order valence-electron chi connectivity index (χ0n) is 13.7. The number of thiocarbonyl (C=S) groups is 1. The number of thioether (sulfide) groups is 1. The summed E-state index contributed by atoms with van der Waals surface area (Å²) in [4.78, 5) is 26.0. The highest BCUT2D eigenvalue weighted by atomic mass is 32.2. The summed E-state index contributed by atoms with van der Waals surface area (Å²) in [6.45, 7) is 0. The first kappa shape index (κ1) is 18.2. The molecule has 0 unspecified atom stereocenters. The van der Waals surface area contributed by atoms with Crippen molar-refractivity contribution in [1.29, 1.82) is 0 Å². The van der Waals surface area contributed by atoms with Gasteiger partial charge in [0.15, 0.2) is 0 Å². The lowest BCUT2D eigenvalue weighted by molar-refractivity contribution is -0.310. The number of hydrogen-bond acceptors (Lipinski definition) is 6. The van der Waals surface area contributed by atoms with E-state index in [1.54, 1.807) is 55.7 Å². The minimum atomic E-state index is -1.38. The van der Waals surface area contributed by atoms with Gasteiger partial charge in [-0.15, -0.1) is 0 Å². The first-order valence-electron chi connectivity index (χ1n) is 7.69. The summed E-state index contributed by atoms with van der Waals surface area (Å²) in [5, 5.41) is 11.7. The van der Waals surface area contributed by atoms with Gasteiger partial charge in [-0.2, -0.15) is 0 Å². The monoisotopic (exact) mass is 384 g/mol. The van der Waals surface area contributed by atoms with E-state index in [1.807, 2.05) is 12.1 Å². The Balaban J connectivity index is 1.98. The van der Waals surface area contributed by atoms with Crippen LogP contribution in [-0.2, 0) is 9.59 Å². The Morgan fingerprint density at radius 1 is 1.19 bits per heavy atom. The molecular formula is C19H14NO4S2-. The van der Waals surface area contributed by atoms with Crippen LogP contribution in [0.4, 0.5) is 0 Å². The minimum Gasteiger partial charge on any atom is -0.547 e. The van der Waals surface area contributed by atoms with E-state index in [2.05, 4.69) is 0 Å². The van der Waals surface area contributed by atoms with E-state index in [9.17, 15) is 14.7 Å². The number of benzene rings is 2. The van der Waals surface area contributed by atoms with E-state index in [4.69, 9.17) is 17.0 Å². The van der Waals surface area contributed by atoms with E-state index >= 15 is 0 Å². The van der Waals surface area contributed by atoms with Crippen molar-refractivity contribution in [1.82, 2.24) is 4.90 Å². The van der Waals surface area contributed by atoms with Crippen molar-refractivity contribution in [2.75, 3.05) is 7.11 Å². The molecule has 1 aliphatic rings. The zero-order valence-corrected chi connectivity index (χ0v) is 15.4. The van der Waals surface area contributed by atoms with Crippen LogP contribution in [-0.4, -0.2) is 28.2 Å². The molecule has 3 rings (SSSR count). The lowest BCUT2D eigenvalue weighted by Crippen LogP contribution is -2.43. The number of carbonyl (C=O) groups is 2. The predicted octanol–water partition coefficient (Wildman–Crippen LogP) is 2.39. The number of hydrogen-bond donors (Lipinski definition) is 0. The van der Waals surface area contributed by atoms with Crippen molar-refractivity contribution >= 4 is 46.3 Å². The van der Waals surface area contributed by atoms with E-state index < -0.39 is 17.9 Å². The van der Waals surface area contributed by atoms with Gasteiger partial charge >= 0.3 is 0 Å². The van der Waals surface area contributed by atoms with Crippen LogP contribution in [0, 0.1) is 0 Å². The molecule has 5 nitrogen and oxygen atoms in total. The van der Waals surface area contributed by atoms with E-state index in [-0.39, 0.29) is 4.32 Å². The van der Waals surface area contributed by atoms with Crippen LogP contribution in [0.1, 0.15) is 17.2 Å². The summed E-state index contributed by atoms with van der Waals surface area (Å²) in [7, 11) is 1.54. The molecule has 2 aromatic rings. The van der Waals surface area contributed by atoms with Gasteiger partial charge in [0.1, 0.15) is 16.1 Å². The number of rotatable bonds is 5. The maximum absolute atomic E-state index is 12.9. The van der Waals surface area contributed by atoms with E-state index in [0.717, 1.165) is 16.7 Å². The molecule has 1 saturated heterocycles. The van der Waals surface area contributed by atoms with Gasteiger partial charge in [-0.3, -0.25) is 9.69 Å². The molecule has 0 radical (unpaired) electrons. The number of carboxylic acid groups (broad SMARTS) is 1. The lowest BCUT2D eigenvalue weighted by atomic mass is 10.1. The van der Waals surface area contributed by atoms with Gasteiger partial charge < -0.3 is 14.6 Å². The molecule has 1 atom stereocenters. The average molecular weight is 384 g/mol. The summed E-state index contributed by atoms with van der Waals surface area (Å²) in [5.41, 5.74) is 1.14.